The molecule has 2 aromatic carbocycles. The molecule has 0 unspecified atom stereocenters. The van der Waals surface area contributed by atoms with Crippen LogP contribution >= 0.6 is 11.6 Å². The lowest BCUT2D eigenvalue weighted by molar-refractivity contribution is -0.118. The van der Waals surface area contributed by atoms with Crippen molar-refractivity contribution in [2.45, 2.75) is 26.2 Å². The number of halogens is 1. The predicted octanol–water partition coefficient (Wildman–Crippen LogP) is 5.60. The first-order valence-electron chi connectivity index (χ1n) is 10.1. The minimum absolute atomic E-state index is 0.0369. The molecule has 1 aromatic heterocycles. The van der Waals surface area contributed by atoms with Gasteiger partial charge in [-0.15, -0.1) is 0 Å². The smallest absolute Gasteiger partial charge is 0.226 e. The summed E-state index contributed by atoms with van der Waals surface area (Å²) >= 11 is 5.80. The minimum atomic E-state index is 0.0369. The summed E-state index contributed by atoms with van der Waals surface area (Å²) in [6.07, 6.45) is 3.11. The Bertz CT molecular complexity index is 1060. The SMILES string of the molecule is CCC(=O)N(C)c1ccc(-c2ccc(C(=O)CCc3ccc(Cl)nc3)cc2OC)cc1. The number of carbonyl (C=O) groups excluding carboxylic acids is 2. The predicted molar refractivity (Wildman–Crippen MR) is 124 cm³/mol. The molecule has 160 valence electrons. The molecule has 0 saturated heterocycles. The molecule has 0 aliphatic carbocycles. The Morgan fingerprint density at radius 1 is 1.06 bits per heavy atom. The van der Waals surface area contributed by atoms with E-state index in [0.717, 1.165) is 22.4 Å². The lowest BCUT2D eigenvalue weighted by Gasteiger charge is -2.17. The van der Waals surface area contributed by atoms with Crippen molar-refractivity contribution in [1.82, 2.24) is 4.98 Å². The van der Waals surface area contributed by atoms with Gasteiger partial charge >= 0.3 is 0 Å². The quantitative estimate of drug-likeness (QED) is 0.340. The number of carbonyl (C=O) groups is 2. The number of anilines is 1. The molecule has 1 heterocycles. The molecule has 0 bridgehead atoms. The molecule has 0 aliphatic rings. The van der Waals surface area contributed by atoms with Gasteiger partial charge in [0.05, 0.1) is 7.11 Å². The van der Waals surface area contributed by atoms with Gasteiger partial charge < -0.3 is 9.64 Å². The molecular weight excluding hydrogens is 412 g/mol. The fraction of sp³-hybridized carbons (Fsp3) is 0.240. The van der Waals surface area contributed by atoms with Crippen LogP contribution in [0.25, 0.3) is 11.1 Å². The van der Waals surface area contributed by atoms with Crippen LogP contribution in [-0.2, 0) is 11.2 Å². The average Bonchev–Trinajstić information content (AvgIpc) is 2.82. The topological polar surface area (TPSA) is 59.5 Å². The van der Waals surface area contributed by atoms with Gasteiger partial charge in [0.15, 0.2) is 5.78 Å². The standard InChI is InChI=1S/C25H25ClN2O3/c1-4-25(30)28(2)20-10-7-18(8-11-20)21-12-9-19(15-23(21)31-3)22(29)13-5-17-6-14-24(26)27-16-17/h6-12,14-16H,4-5,13H2,1-3H3. The first kappa shape index (κ1) is 22.5. The van der Waals surface area contributed by atoms with Gasteiger partial charge in [-0.25, -0.2) is 4.98 Å². The summed E-state index contributed by atoms with van der Waals surface area (Å²) in [5.74, 6) is 0.724. The van der Waals surface area contributed by atoms with E-state index in [1.54, 1.807) is 37.4 Å². The van der Waals surface area contributed by atoms with Crippen LogP contribution in [0.4, 0.5) is 5.69 Å². The van der Waals surface area contributed by atoms with E-state index in [4.69, 9.17) is 16.3 Å². The summed E-state index contributed by atoms with van der Waals surface area (Å²) in [5.41, 5.74) is 4.24. The van der Waals surface area contributed by atoms with Crippen LogP contribution in [0.3, 0.4) is 0 Å². The van der Waals surface area contributed by atoms with Crippen LogP contribution in [0.15, 0.2) is 60.8 Å². The first-order chi connectivity index (χ1) is 14.9. The highest BCUT2D eigenvalue weighted by Crippen LogP contribution is 2.32. The van der Waals surface area contributed by atoms with Crippen molar-refractivity contribution in [1.29, 1.82) is 0 Å². The second kappa shape index (κ2) is 10.2. The number of hydrogen-bond acceptors (Lipinski definition) is 4. The lowest BCUT2D eigenvalue weighted by atomic mass is 9.98. The number of ketones is 1. The van der Waals surface area contributed by atoms with Crippen molar-refractivity contribution in [3.63, 3.8) is 0 Å². The zero-order valence-corrected chi connectivity index (χ0v) is 18.6. The summed E-state index contributed by atoms with van der Waals surface area (Å²) in [4.78, 5) is 30.2. The van der Waals surface area contributed by atoms with Crippen LogP contribution < -0.4 is 9.64 Å². The maximum Gasteiger partial charge on any atom is 0.226 e. The molecule has 3 rings (SSSR count). The number of aromatic nitrogens is 1. The van der Waals surface area contributed by atoms with Crippen molar-refractivity contribution < 1.29 is 14.3 Å². The summed E-state index contributed by atoms with van der Waals surface area (Å²) < 4.78 is 5.56. The number of ether oxygens (including phenoxy) is 1. The third-order valence-electron chi connectivity index (χ3n) is 5.20. The van der Waals surface area contributed by atoms with E-state index >= 15 is 0 Å². The molecule has 0 spiro atoms. The van der Waals surface area contributed by atoms with E-state index < -0.39 is 0 Å². The zero-order chi connectivity index (χ0) is 22.4. The Balaban J connectivity index is 1.75. The largest absolute Gasteiger partial charge is 0.496 e. The molecule has 0 atom stereocenters. The Hall–Kier alpha value is -3.18. The van der Waals surface area contributed by atoms with Gasteiger partial charge in [0, 0.05) is 42.9 Å². The maximum absolute atomic E-state index is 12.7. The van der Waals surface area contributed by atoms with Crippen LogP contribution in [0, 0.1) is 0 Å². The number of rotatable bonds is 8. The van der Waals surface area contributed by atoms with Gasteiger partial charge in [0.2, 0.25) is 5.91 Å². The molecule has 0 N–H and O–H groups in total. The van der Waals surface area contributed by atoms with Crippen molar-refractivity contribution in [2.75, 3.05) is 19.1 Å². The monoisotopic (exact) mass is 436 g/mol. The number of nitrogens with zero attached hydrogens (tertiary/aromatic N) is 2. The van der Waals surface area contributed by atoms with E-state index in [-0.39, 0.29) is 11.7 Å². The Morgan fingerprint density at radius 2 is 1.81 bits per heavy atom. The van der Waals surface area contributed by atoms with E-state index in [1.807, 2.05) is 49.4 Å². The van der Waals surface area contributed by atoms with Crippen molar-refractivity contribution in [3.8, 4) is 16.9 Å². The van der Waals surface area contributed by atoms with E-state index in [1.165, 1.54) is 0 Å². The van der Waals surface area contributed by atoms with Gasteiger partial charge in [0.25, 0.3) is 0 Å². The maximum atomic E-state index is 12.7. The fourth-order valence-corrected chi connectivity index (χ4v) is 3.42. The summed E-state index contributed by atoms with van der Waals surface area (Å²) in [6, 6.07) is 16.8. The van der Waals surface area contributed by atoms with Gasteiger partial charge in [-0.2, -0.15) is 0 Å². The van der Waals surface area contributed by atoms with E-state index in [9.17, 15) is 9.59 Å². The third-order valence-corrected chi connectivity index (χ3v) is 5.42. The molecule has 5 nitrogen and oxygen atoms in total. The van der Waals surface area contributed by atoms with Gasteiger partial charge in [-0.05, 0) is 47.9 Å². The zero-order valence-electron chi connectivity index (χ0n) is 17.9. The number of pyridine rings is 1. The van der Waals surface area contributed by atoms with Gasteiger partial charge in [-0.1, -0.05) is 42.8 Å². The van der Waals surface area contributed by atoms with Crippen LogP contribution in [0.2, 0.25) is 5.15 Å². The highest BCUT2D eigenvalue weighted by molar-refractivity contribution is 6.29. The number of methoxy groups -OCH3 is 1. The molecule has 0 radical (unpaired) electrons. The molecule has 6 heteroatoms. The number of benzene rings is 2. The van der Waals surface area contributed by atoms with Crippen LogP contribution in [0.5, 0.6) is 5.75 Å². The highest BCUT2D eigenvalue weighted by Gasteiger charge is 2.13. The normalized spacial score (nSPS) is 10.6. The van der Waals surface area contributed by atoms with Crippen molar-refractivity contribution >= 4 is 29.0 Å². The molecule has 0 saturated carbocycles. The Labute approximate surface area is 187 Å². The molecule has 1 amide bonds. The molecule has 31 heavy (non-hydrogen) atoms. The Morgan fingerprint density at radius 3 is 2.42 bits per heavy atom. The summed E-state index contributed by atoms with van der Waals surface area (Å²) in [5, 5.41) is 0.437. The van der Waals surface area contributed by atoms with Crippen molar-refractivity contribution in [2.24, 2.45) is 0 Å². The molecule has 0 aliphatic heterocycles. The number of aryl methyl sites for hydroxylation is 1. The Kier molecular flexibility index (Phi) is 7.42. The van der Waals surface area contributed by atoms with Gasteiger partial charge in [-0.3, -0.25) is 9.59 Å². The van der Waals surface area contributed by atoms with E-state index in [0.29, 0.717) is 35.7 Å². The molecule has 0 fully saturated rings. The van der Waals surface area contributed by atoms with Gasteiger partial charge in [0.1, 0.15) is 10.9 Å². The van der Waals surface area contributed by atoms with Crippen molar-refractivity contribution in [3.05, 3.63) is 77.1 Å². The first-order valence-corrected chi connectivity index (χ1v) is 10.5. The highest BCUT2D eigenvalue weighted by atomic mass is 35.5. The second-order valence-corrected chi connectivity index (χ2v) is 7.57. The minimum Gasteiger partial charge on any atom is -0.496 e. The number of Topliss-reactive ketones (excluding diaryl/α,β-unsaturated/α-hetero) is 1. The fourth-order valence-electron chi connectivity index (χ4n) is 3.31. The summed E-state index contributed by atoms with van der Waals surface area (Å²) in [6.45, 7) is 1.84. The van der Waals surface area contributed by atoms with Crippen LogP contribution in [-0.4, -0.2) is 30.8 Å². The number of amides is 1. The van der Waals surface area contributed by atoms with Crippen LogP contribution in [0.1, 0.15) is 35.7 Å². The lowest BCUT2D eigenvalue weighted by Crippen LogP contribution is -2.24. The second-order valence-electron chi connectivity index (χ2n) is 7.18. The van der Waals surface area contributed by atoms with E-state index in [2.05, 4.69) is 4.98 Å². The third kappa shape index (κ3) is 5.50. The number of hydrogen-bond donors (Lipinski definition) is 0. The average molecular weight is 437 g/mol. The summed E-state index contributed by atoms with van der Waals surface area (Å²) in [7, 11) is 3.36. The molecule has 3 aromatic rings. The molecular formula is C25H25ClN2O3.